The van der Waals surface area contributed by atoms with Gasteiger partial charge in [0.1, 0.15) is 5.82 Å². The lowest BCUT2D eigenvalue weighted by Gasteiger charge is -2.36. The topological polar surface area (TPSA) is 51.7 Å². The fraction of sp³-hybridized carbons (Fsp3) is 0.250. The second-order valence-corrected chi connectivity index (χ2v) is 11.4. The van der Waals surface area contributed by atoms with Crippen LogP contribution in [0.15, 0.2) is 79.0 Å². The second-order valence-electron chi connectivity index (χ2n) is 10.6. The van der Waals surface area contributed by atoms with E-state index >= 15 is 0 Å². The van der Waals surface area contributed by atoms with Crippen molar-refractivity contribution in [2.45, 2.75) is 12.7 Å². The Labute approximate surface area is 257 Å². The van der Waals surface area contributed by atoms with Crippen molar-refractivity contribution < 1.29 is 18.0 Å². The van der Waals surface area contributed by atoms with Gasteiger partial charge in [-0.2, -0.15) is 13.2 Å². The quantitative estimate of drug-likeness (QED) is 0.249. The average molecular weight is 627 g/mol. The molecule has 11 heteroatoms. The third-order valence-corrected chi connectivity index (χ3v) is 8.33. The Bertz CT molecular complexity index is 1620. The number of piperazine rings is 1. The number of nitrogens with zero attached hydrogens (tertiary/aromatic N) is 4. The summed E-state index contributed by atoms with van der Waals surface area (Å²) in [6, 6.07) is 20.6. The van der Waals surface area contributed by atoms with Gasteiger partial charge in [0.25, 0.3) is 5.91 Å². The van der Waals surface area contributed by atoms with Crippen molar-refractivity contribution in [2.24, 2.45) is 0 Å². The van der Waals surface area contributed by atoms with Gasteiger partial charge in [-0.25, -0.2) is 4.98 Å². The Morgan fingerprint density at radius 3 is 2.23 bits per heavy atom. The smallest absolute Gasteiger partial charge is 0.368 e. The van der Waals surface area contributed by atoms with Crippen molar-refractivity contribution in [1.82, 2.24) is 9.88 Å². The highest BCUT2D eigenvalue weighted by atomic mass is 35.5. The predicted octanol–water partition coefficient (Wildman–Crippen LogP) is 7.47. The molecule has 0 bridgehead atoms. The van der Waals surface area contributed by atoms with Crippen LogP contribution in [0.1, 0.15) is 21.5 Å². The number of carbonyl (C=O) groups is 1. The lowest BCUT2D eigenvalue weighted by molar-refractivity contribution is -0.138. The zero-order valence-corrected chi connectivity index (χ0v) is 24.6. The first-order valence-corrected chi connectivity index (χ1v) is 14.7. The molecule has 6 nitrogen and oxygen atoms in total. The summed E-state index contributed by atoms with van der Waals surface area (Å²) in [7, 11) is 0. The lowest BCUT2D eigenvalue weighted by atomic mass is 10.0. The lowest BCUT2D eigenvalue weighted by Crippen LogP contribution is -2.48. The van der Waals surface area contributed by atoms with Crippen LogP contribution in [0, 0.1) is 0 Å². The van der Waals surface area contributed by atoms with Gasteiger partial charge in [-0.15, -0.1) is 0 Å². The maximum absolute atomic E-state index is 13.7. The normalized spacial score (nSPS) is 15.2. The molecule has 6 rings (SSSR count). The van der Waals surface area contributed by atoms with E-state index in [1.54, 1.807) is 18.3 Å². The minimum absolute atomic E-state index is 0.0248. The van der Waals surface area contributed by atoms with Crippen LogP contribution in [-0.4, -0.2) is 55.1 Å². The van der Waals surface area contributed by atoms with E-state index in [2.05, 4.69) is 15.2 Å². The van der Waals surface area contributed by atoms with E-state index in [4.69, 9.17) is 23.2 Å². The van der Waals surface area contributed by atoms with Gasteiger partial charge in [-0.05, 0) is 71.8 Å². The number of hydrogen-bond donors (Lipinski definition) is 1. The molecule has 0 aliphatic carbocycles. The predicted molar refractivity (Wildman–Crippen MR) is 165 cm³/mol. The number of halogens is 5. The zero-order valence-electron chi connectivity index (χ0n) is 23.0. The first-order valence-electron chi connectivity index (χ1n) is 13.9. The molecule has 3 aromatic carbocycles. The minimum Gasteiger partial charge on any atom is -0.368 e. The molecule has 3 heterocycles. The van der Waals surface area contributed by atoms with Gasteiger partial charge in [0, 0.05) is 78.9 Å². The van der Waals surface area contributed by atoms with E-state index in [1.807, 2.05) is 52.3 Å². The summed E-state index contributed by atoms with van der Waals surface area (Å²) in [4.78, 5) is 23.8. The highest BCUT2D eigenvalue weighted by Gasteiger charge is 2.34. The first kappa shape index (κ1) is 29.1. The number of alkyl halides is 3. The highest BCUT2D eigenvalue weighted by molar-refractivity contribution is 6.30. The number of nitrogens with one attached hydrogen (secondary N) is 1. The summed E-state index contributed by atoms with van der Waals surface area (Å²) < 4.78 is 41.1. The SMILES string of the molecule is O=C(c1ccc(-c2cnc3c(c2)N(Cc2cc(Cl)ccc2C(F)(F)F)CCN3)cc1)N1CCN(c2ccc(Cl)cc2)CC1. The molecule has 0 saturated carbocycles. The molecule has 0 radical (unpaired) electrons. The van der Waals surface area contributed by atoms with Gasteiger partial charge in [-0.1, -0.05) is 35.3 Å². The number of aromatic nitrogens is 1. The highest BCUT2D eigenvalue weighted by Crippen LogP contribution is 2.37. The summed E-state index contributed by atoms with van der Waals surface area (Å²) in [5.41, 5.74) is 3.44. The van der Waals surface area contributed by atoms with Gasteiger partial charge >= 0.3 is 6.18 Å². The maximum atomic E-state index is 13.7. The molecule has 222 valence electrons. The van der Waals surface area contributed by atoms with Crippen molar-refractivity contribution >= 4 is 46.3 Å². The molecule has 0 atom stereocenters. The number of amides is 1. The largest absolute Gasteiger partial charge is 0.416 e. The standard InChI is InChI=1S/C32H28Cl2F3N5O/c33-25-5-8-27(9-6-25)40-13-15-41(16-14-40)31(43)22-3-1-21(2-4-22)23-18-29-30(39-19-23)38-11-12-42(29)20-24-17-26(34)7-10-28(24)32(35,36)37/h1-10,17-19H,11-16,20H2,(H,38,39). The second kappa shape index (κ2) is 12.0. The molecule has 0 unspecified atom stereocenters. The number of carbonyl (C=O) groups excluding carboxylic acids is 1. The Hall–Kier alpha value is -3.95. The van der Waals surface area contributed by atoms with Crippen molar-refractivity contribution in [3.63, 3.8) is 0 Å². The number of hydrogen-bond acceptors (Lipinski definition) is 5. The molecule has 0 spiro atoms. The monoisotopic (exact) mass is 625 g/mol. The molecule has 1 N–H and O–H groups in total. The van der Waals surface area contributed by atoms with Gasteiger partial charge in [0.05, 0.1) is 11.3 Å². The van der Waals surface area contributed by atoms with Gasteiger partial charge in [0.15, 0.2) is 0 Å². The van der Waals surface area contributed by atoms with Crippen molar-refractivity contribution in [2.75, 3.05) is 54.4 Å². The van der Waals surface area contributed by atoms with E-state index < -0.39 is 11.7 Å². The number of fused-ring (bicyclic) bond motifs is 1. The number of benzene rings is 3. The fourth-order valence-electron chi connectivity index (χ4n) is 5.56. The van der Waals surface area contributed by atoms with Crippen LogP contribution in [0.4, 0.5) is 30.4 Å². The van der Waals surface area contributed by atoms with Crippen LogP contribution in [0.2, 0.25) is 10.0 Å². The summed E-state index contributed by atoms with van der Waals surface area (Å²) in [5.74, 6) is 0.582. The van der Waals surface area contributed by atoms with Crippen LogP contribution in [0.5, 0.6) is 0 Å². The third-order valence-electron chi connectivity index (χ3n) is 7.84. The Balaban J connectivity index is 1.16. The van der Waals surface area contributed by atoms with E-state index in [0.29, 0.717) is 48.3 Å². The van der Waals surface area contributed by atoms with Crippen molar-refractivity contribution in [3.8, 4) is 11.1 Å². The molecule has 1 saturated heterocycles. The summed E-state index contributed by atoms with van der Waals surface area (Å²) in [6.45, 7) is 3.78. The molecule has 2 aliphatic heterocycles. The fourth-order valence-corrected chi connectivity index (χ4v) is 5.89. The van der Waals surface area contributed by atoms with Gasteiger partial charge in [-0.3, -0.25) is 4.79 Å². The Kier molecular flexibility index (Phi) is 8.11. The van der Waals surface area contributed by atoms with Gasteiger partial charge in [0.2, 0.25) is 0 Å². The molecule has 1 aromatic heterocycles. The van der Waals surface area contributed by atoms with Crippen LogP contribution < -0.4 is 15.1 Å². The molecule has 2 aliphatic rings. The molecule has 43 heavy (non-hydrogen) atoms. The first-order chi connectivity index (χ1) is 20.7. The molecule has 4 aromatic rings. The van der Waals surface area contributed by atoms with E-state index in [0.717, 1.165) is 36.0 Å². The average Bonchev–Trinajstić information content (AvgIpc) is 3.01. The number of rotatable bonds is 5. The Morgan fingerprint density at radius 1 is 0.837 bits per heavy atom. The minimum atomic E-state index is -4.49. The molecule has 1 fully saturated rings. The molecule has 1 amide bonds. The van der Waals surface area contributed by atoms with Crippen molar-refractivity contribution in [1.29, 1.82) is 0 Å². The van der Waals surface area contributed by atoms with Crippen molar-refractivity contribution in [3.05, 3.63) is 106 Å². The van der Waals surface area contributed by atoms with Gasteiger partial charge < -0.3 is 20.0 Å². The summed E-state index contributed by atoms with van der Waals surface area (Å²) in [6.07, 6.45) is -2.76. The van der Waals surface area contributed by atoms with Crippen LogP contribution in [0.25, 0.3) is 11.1 Å². The van der Waals surface area contributed by atoms with E-state index in [-0.39, 0.29) is 23.0 Å². The maximum Gasteiger partial charge on any atom is 0.416 e. The zero-order chi connectivity index (χ0) is 30.1. The van der Waals surface area contributed by atoms with E-state index in [1.165, 1.54) is 12.1 Å². The summed E-state index contributed by atoms with van der Waals surface area (Å²) >= 11 is 12.1. The summed E-state index contributed by atoms with van der Waals surface area (Å²) in [5, 5.41) is 4.17. The van der Waals surface area contributed by atoms with Crippen LogP contribution in [-0.2, 0) is 12.7 Å². The van der Waals surface area contributed by atoms with E-state index in [9.17, 15) is 18.0 Å². The third kappa shape index (κ3) is 6.38. The van der Waals surface area contributed by atoms with Crippen LogP contribution >= 0.6 is 23.2 Å². The Morgan fingerprint density at radius 2 is 1.53 bits per heavy atom. The number of pyridine rings is 1. The van der Waals surface area contributed by atoms with Crippen LogP contribution in [0.3, 0.4) is 0 Å². The molecular formula is C32H28Cl2F3N5O. The molecular weight excluding hydrogens is 598 g/mol. The number of anilines is 3.